The standard InChI is InChI=1S/C14H21N3O/c1-2-11(7-9-3-4-9)17-13-8-10(14(16)18)5-6-12(13)15/h5-6,8-9,11,17H,2-4,7,15H2,1H3,(H2,16,18). The van der Waals surface area contributed by atoms with Crippen molar-refractivity contribution in [3.05, 3.63) is 23.8 Å². The maximum absolute atomic E-state index is 11.2. The molecule has 1 aromatic rings. The molecule has 2 rings (SSSR count). The summed E-state index contributed by atoms with van der Waals surface area (Å²) in [6.07, 6.45) is 4.91. The van der Waals surface area contributed by atoms with Crippen molar-refractivity contribution >= 4 is 17.3 Å². The van der Waals surface area contributed by atoms with Gasteiger partial charge in [-0.05, 0) is 37.0 Å². The normalized spacial score (nSPS) is 16.3. The van der Waals surface area contributed by atoms with Gasteiger partial charge in [0.1, 0.15) is 0 Å². The fraction of sp³-hybridized carbons (Fsp3) is 0.500. The van der Waals surface area contributed by atoms with Crippen LogP contribution in [-0.2, 0) is 0 Å². The van der Waals surface area contributed by atoms with Crippen LogP contribution in [0.4, 0.5) is 11.4 Å². The van der Waals surface area contributed by atoms with Crippen LogP contribution in [0, 0.1) is 5.92 Å². The Kier molecular flexibility index (Phi) is 3.75. The van der Waals surface area contributed by atoms with Gasteiger partial charge in [-0.15, -0.1) is 0 Å². The van der Waals surface area contributed by atoms with Crippen LogP contribution < -0.4 is 16.8 Å². The molecule has 1 atom stereocenters. The van der Waals surface area contributed by atoms with Gasteiger partial charge in [-0.25, -0.2) is 0 Å². The van der Waals surface area contributed by atoms with E-state index in [1.165, 1.54) is 19.3 Å². The summed E-state index contributed by atoms with van der Waals surface area (Å²) in [5, 5.41) is 3.43. The van der Waals surface area contributed by atoms with Gasteiger partial charge >= 0.3 is 0 Å². The number of amides is 1. The molecule has 0 heterocycles. The van der Waals surface area contributed by atoms with Crippen molar-refractivity contribution in [1.29, 1.82) is 0 Å². The fourth-order valence-electron chi connectivity index (χ4n) is 2.14. The molecule has 0 aromatic heterocycles. The van der Waals surface area contributed by atoms with Crippen molar-refractivity contribution in [2.24, 2.45) is 11.7 Å². The number of nitrogen functional groups attached to an aromatic ring is 1. The van der Waals surface area contributed by atoms with Gasteiger partial charge < -0.3 is 16.8 Å². The van der Waals surface area contributed by atoms with Crippen LogP contribution in [-0.4, -0.2) is 11.9 Å². The Labute approximate surface area is 108 Å². The minimum atomic E-state index is -0.423. The van der Waals surface area contributed by atoms with Crippen LogP contribution in [0.1, 0.15) is 43.0 Å². The molecule has 98 valence electrons. The van der Waals surface area contributed by atoms with E-state index in [9.17, 15) is 4.79 Å². The number of carbonyl (C=O) groups excluding carboxylic acids is 1. The molecular weight excluding hydrogens is 226 g/mol. The summed E-state index contributed by atoms with van der Waals surface area (Å²) < 4.78 is 0. The number of rotatable bonds is 6. The molecule has 18 heavy (non-hydrogen) atoms. The zero-order valence-corrected chi connectivity index (χ0v) is 10.8. The van der Waals surface area contributed by atoms with Crippen molar-refractivity contribution in [2.45, 2.75) is 38.6 Å². The highest BCUT2D eigenvalue weighted by atomic mass is 16.1. The van der Waals surface area contributed by atoms with E-state index in [0.29, 0.717) is 17.3 Å². The second kappa shape index (κ2) is 5.29. The molecule has 4 nitrogen and oxygen atoms in total. The van der Waals surface area contributed by atoms with Crippen LogP contribution >= 0.6 is 0 Å². The van der Waals surface area contributed by atoms with Crippen molar-refractivity contribution in [3.8, 4) is 0 Å². The molecule has 1 amide bonds. The average Bonchev–Trinajstić information content (AvgIpc) is 3.14. The Morgan fingerprint density at radius 2 is 2.22 bits per heavy atom. The summed E-state index contributed by atoms with van der Waals surface area (Å²) in [5.41, 5.74) is 13.2. The maximum Gasteiger partial charge on any atom is 0.248 e. The monoisotopic (exact) mass is 247 g/mol. The summed E-state index contributed by atoms with van der Waals surface area (Å²) in [5.74, 6) is 0.441. The topological polar surface area (TPSA) is 81.1 Å². The van der Waals surface area contributed by atoms with Crippen LogP contribution in [0.5, 0.6) is 0 Å². The number of benzene rings is 1. The van der Waals surface area contributed by atoms with Gasteiger partial charge in [-0.1, -0.05) is 19.8 Å². The third-order valence-corrected chi connectivity index (χ3v) is 3.51. The van der Waals surface area contributed by atoms with Gasteiger partial charge in [0.15, 0.2) is 0 Å². The van der Waals surface area contributed by atoms with E-state index in [2.05, 4.69) is 12.2 Å². The van der Waals surface area contributed by atoms with Crippen molar-refractivity contribution < 1.29 is 4.79 Å². The number of carbonyl (C=O) groups is 1. The molecule has 4 heteroatoms. The first-order valence-electron chi connectivity index (χ1n) is 6.56. The molecule has 5 N–H and O–H groups in total. The van der Waals surface area contributed by atoms with E-state index in [-0.39, 0.29) is 0 Å². The molecule has 1 aliphatic carbocycles. The molecule has 0 radical (unpaired) electrons. The third kappa shape index (κ3) is 3.15. The van der Waals surface area contributed by atoms with E-state index in [1.807, 2.05) is 0 Å². The van der Waals surface area contributed by atoms with Gasteiger partial charge in [0.2, 0.25) is 5.91 Å². The molecule has 1 unspecified atom stereocenters. The largest absolute Gasteiger partial charge is 0.397 e. The van der Waals surface area contributed by atoms with E-state index < -0.39 is 5.91 Å². The zero-order chi connectivity index (χ0) is 13.1. The number of nitrogens with two attached hydrogens (primary N) is 2. The van der Waals surface area contributed by atoms with Crippen molar-refractivity contribution in [2.75, 3.05) is 11.1 Å². The molecule has 1 aliphatic rings. The van der Waals surface area contributed by atoms with Crippen LogP contribution in [0.15, 0.2) is 18.2 Å². The van der Waals surface area contributed by atoms with Crippen LogP contribution in [0.3, 0.4) is 0 Å². The molecule has 1 aromatic carbocycles. The molecular formula is C14H21N3O. The predicted molar refractivity (Wildman–Crippen MR) is 74.4 cm³/mol. The maximum atomic E-state index is 11.2. The van der Waals surface area contributed by atoms with E-state index >= 15 is 0 Å². The third-order valence-electron chi connectivity index (χ3n) is 3.51. The number of hydrogen-bond acceptors (Lipinski definition) is 3. The summed E-state index contributed by atoms with van der Waals surface area (Å²) in [6, 6.07) is 5.55. The lowest BCUT2D eigenvalue weighted by atomic mass is 10.1. The Morgan fingerprint density at radius 3 is 2.78 bits per heavy atom. The number of anilines is 2. The highest BCUT2D eigenvalue weighted by Crippen LogP contribution is 2.35. The van der Waals surface area contributed by atoms with Crippen LogP contribution in [0.2, 0.25) is 0 Å². The molecule has 1 fully saturated rings. The van der Waals surface area contributed by atoms with E-state index in [0.717, 1.165) is 18.0 Å². The lowest BCUT2D eigenvalue weighted by molar-refractivity contribution is 0.100. The Balaban J connectivity index is 2.10. The van der Waals surface area contributed by atoms with Gasteiger partial charge in [0.05, 0.1) is 11.4 Å². The predicted octanol–water partition coefficient (Wildman–Crippen LogP) is 2.36. The second-order valence-electron chi connectivity index (χ2n) is 5.09. The van der Waals surface area contributed by atoms with Gasteiger partial charge in [0, 0.05) is 11.6 Å². The summed E-state index contributed by atoms with van der Waals surface area (Å²) in [4.78, 5) is 11.2. The van der Waals surface area contributed by atoms with E-state index in [1.54, 1.807) is 18.2 Å². The molecule has 0 bridgehead atoms. The minimum Gasteiger partial charge on any atom is -0.397 e. The molecule has 0 spiro atoms. The summed E-state index contributed by atoms with van der Waals surface area (Å²) in [7, 11) is 0. The lowest BCUT2D eigenvalue weighted by Gasteiger charge is -2.19. The molecule has 0 aliphatic heterocycles. The summed E-state index contributed by atoms with van der Waals surface area (Å²) >= 11 is 0. The first-order valence-corrected chi connectivity index (χ1v) is 6.56. The minimum absolute atomic E-state index is 0.419. The quantitative estimate of drug-likeness (QED) is 0.675. The SMILES string of the molecule is CCC(CC1CC1)Nc1cc(C(N)=O)ccc1N. The second-order valence-corrected chi connectivity index (χ2v) is 5.09. The molecule has 1 saturated carbocycles. The van der Waals surface area contributed by atoms with Gasteiger partial charge in [0.25, 0.3) is 0 Å². The zero-order valence-electron chi connectivity index (χ0n) is 10.8. The average molecular weight is 247 g/mol. The van der Waals surface area contributed by atoms with Crippen LogP contribution in [0.25, 0.3) is 0 Å². The number of hydrogen-bond donors (Lipinski definition) is 3. The van der Waals surface area contributed by atoms with Crippen molar-refractivity contribution in [3.63, 3.8) is 0 Å². The smallest absolute Gasteiger partial charge is 0.248 e. The first kappa shape index (κ1) is 12.7. The van der Waals surface area contributed by atoms with E-state index in [4.69, 9.17) is 11.5 Å². The lowest BCUT2D eigenvalue weighted by Crippen LogP contribution is -2.20. The Hall–Kier alpha value is -1.71. The highest BCUT2D eigenvalue weighted by Gasteiger charge is 2.24. The van der Waals surface area contributed by atoms with Gasteiger partial charge in [-0.2, -0.15) is 0 Å². The van der Waals surface area contributed by atoms with Crippen molar-refractivity contribution in [1.82, 2.24) is 0 Å². The Morgan fingerprint density at radius 1 is 1.50 bits per heavy atom. The summed E-state index contributed by atoms with van der Waals surface area (Å²) in [6.45, 7) is 2.16. The Bertz CT molecular complexity index is 441. The highest BCUT2D eigenvalue weighted by molar-refractivity contribution is 5.94. The molecule has 0 saturated heterocycles. The van der Waals surface area contributed by atoms with Gasteiger partial charge in [-0.3, -0.25) is 4.79 Å². The number of nitrogens with one attached hydrogen (secondary N) is 1. The first-order chi connectivity index (χ1) is 8.60. The fourth-order valence-corrected chi connectivity index (χ4v) is 2.14. The number of primary amides is 1.